The standard InChI is InChI=1S/C13H10BrClFN/c14-11-7-9(4-5-12(11)16)13(17)8-2-1-3-10(15)6-8/h1-7,13H,17H2. The molecule has 0 heterocycles. The number of nitrogens with two attached hydrogens (primary N) is 1. The van der Waals surface area contributed by atoms with Gasteiger partial charge in [-0.15, -0.1) is 0 Å². The Balaban J connectivity index is 2.36. The smallest absolute Gasteiger partial charge is 0.137 e. The molecule has 0 aromatic heterocycles. The Hall–Kier alpha value is -0.900. The zero-order valence-electron chi connectivity index (χ0n) is 8.83. The van der Waals surface area contributed by atoms with Crippen molar-refractivity contribution in [2.75, 3.05) is 0 Å². The molecule has 2 aromatic carbocycles. The first-order chi connectivity index (χ1) is 8.08. The highest BCUT2D eigenvalue weighted by Gasteiger charge is 2.11. The summed E-state index contributed by atoms with van der Waals surface area (Å²) in [6, 6.07) is 11.8. The molecule has 1 nitrogen and oxygen atoms in total. The number of hydrogen-bond acceptors (Lipinski definition) is 1. The highest BCUT2D eigenvalue weighted by molar-refractivity contribution is 9.10. The maximum atomic E-state index is 13.1. The molecular weight excluding hydrogens is 305 g/mol. The summed E-state index contributed by atoms with van der Waals surface area (Å²) in [5, 5.41) is 0.638. The minimum absolute atomic E-state index is 0.299. The maximum absolute atomic E-state index is 13.1. The largest absolute Gasteiger partial charge is 0.320 e. The van der Waals surface area contributed by atoms with E-state index in [2.05, 4.69) is 15.9 Å². The van der Waals surface area contributed by atoms with Crippen LogP contribution in [0.25, 0.3) is 0 Å². The minimum atomic E-state index is -0.314. The predicted molar refractivity (Wildman–Crippen MR) is 71.6 cm³/mol. The summed E-state index contributed by atoms with van der Waals surface area (Å²) in [5.41, 5.74) is 7.84. The van der Waals surface area contributed by atoms with Gasteiger partial charge in [0, 0.05) is 5.02 Å². The van der Waals surface area contributed by atoms with Crippen LogP contribution in [0.3, 0.4) is 0 Å². The topological polar surface area (TPSA) is 26.0 Å². The highest BCUT2D eigenvalue weighted by Crippen LogP contribution is 2.25. The quantitative estimate of drug-likeness (QED) is 0.879. The molecule has 0 aliphatic rings. The molecule has 0 saturated carbocycles. The van der Waals surface area contributed by atoms with Gasteiger partial charge in [0.15, 0.2) is 0 Å². The summed E-state index contributed by atoms with van der Waals surface area (Å²) in [6.45, 7) is 0. The van der Waals surface area contributed by atoms with E-state index in [1.165, 1.54) is 6.07 Å². The first kappa shape index (κ1) is 12.6. The molecule has 2 N–H and O–H groups in total. The lowest BCUT2D eigenvalue weighted by atomic mass is 10.00. The van der Waals surface area contributed by atoms with Crippen LogP contribution < -0.4 is 5.73 Å². The fourth-order valence-electron chi connectivity index (χ4n) is 1.60. The van der Waals surface area contributed by atoms with E-state index in [-0.39, 0.29) is 11.9 Å². The second-order valence-electron chi connectivity index (χ2n) is 3.71. The first-order valence-electron chi connectivity index (χ1n) is 5.04. The Bertz CT molecular complexity index is 545. The van der Waals surface area contributed by atoms with Gasteiger partial charge in [-0.2, -0.15) is 0 Å². The number of hydrogen-bond donors (Lipinski definition) is 1. The van der Waals surface area contributed by atoms with E-state index in [9.17, 15) is 4.39 Å². The van der Waals surface area contributed by atoms with Crippen LogP contribution in [0.1, 0.15) is 17.2 Å². The molecule has 1 unspecified atom stereocenters. The van der Waals surface area contributed by atoms with Crippen LogP contribution in [-0.2, 0) is 0 Å². The van der Waals surface area contributed by atoms with Gasteiger partial charge in [-0.05, 0) is 51.3 Å². The van der Waals surface area contributed by atoms with Gasteiger partial charge >= 0.3 is 0 Å². The van der Waals surface area contributed by atoms with Gasteiger partial charge in [-0.25, -0.2) is 4.39 Å². The zero-order valence-corrected chi connectivity index (χ0v) is 11.2. The zero-order chi connectivity index (χ0) is 12.4. The van der Waals surface area contributed by atoms with Gasteiger partial charge < -0.3 is 5.73 Å². The fourth-order valence-corrected chi connectivity index (χ4v) is 2.19. The normalized spacial score (nSPS) is 12.5. The van der Waals surface area contributed by atoms with Crippen molar-refractivity contribution in [2.45, 2.75) is 6.04 Å². The number of halogens is 3. The third kappa shape index (κ3) is 2.86. The van der Waals surface area contributed by atoms with E-state index in [1.807, 2.05) is 18.2 Å². The Labute approximate surface area is 113 Å². The van der Waals surface area contributed by atoms with Crippen LogP contribution in [0, 0.1) is 5.82 Å². The molecule has 0 amide bonds. The second kappa shape index (κ2) is 5.17. The molecule has 0 bridgehead atoms. The van der Waals surface area contributed by atoms with Crippen molar-refractivity contribution >= 4 is 27.5 Å². The Kier molecular flexibility index (Phi) is 3.82. The minimum Gasteiger partial charge on any atom is -0.320 e. The third-order valence-electron chi connectivity index (χ3n) is 2.51. The Morgan fingerprint density at radius 1 is 1.12 bits per heavy atom. The molecule has 0 saturated heterocycles. The predicted octanol–water partition coefficient (Wildman–Crippen LogP) is 4.29. The Morgan fingerprint density at radius 3 is 2.47 bits per heavy atom. The monoisotopic (exact) mass is 313 g/mol. The van der Waals surface area contributed by atoms with Crippen LogP contribution in [-0.4, -0.2) is 0 Å². The van der Waals surface area contributed by atoms with E-state index in [4.69, 9.17) is 17.3 Å². The summed E-state index contributed by atoms with van der Waals surface area (Å²) in [6.07, 6.45) is 0. The molecule has 17 heavy (non-hydrogen) atoms. The highest BCUT2D eigenvalue weighted by atomic mass is 79.9. The summed E-state index contributed by atoms with van der Waals surface area (Å²) in [7, 11) is 0. The molecule has 0 fully saturated rings. The molecule has 0 aliphatic carbocycles. The molecule has 0 radical (unpaired) electrons. The molecule has 88 valence electrons. The van der Waals surface area contributed by atoms with E-state index in [0.717, 1.165) is 11.1 Å². The van der Waals surface area contributed by atoms with Crippen molar-refractivity contribution in [3.63, 3.8) is 0 Å². The van der Waals surface area contributed by atoms with Gasteiger partial charge in [0.1, 0.15) is 5.82 Å². The van der Waals surface area contributed by atoms with Gasteiger partial charge in [0.2, 0.25) is 0 Å². The van der Waals surface area contributed by atoms with Crippen molar-refractivity contribution in [3.05, 3.63) is 68.9 Å². The van der Waals surface area contributed by atoms with Gasteiger partial charge in [-0.3, -0.25) is 0 Å². The average Bonchev–Trinajstić information content (AvgIpc) is 2.32. The van der Waals surface area contributed by atoms with Crippen LogP contribution in [0.4, 0.5) is 4.39 Å². The molecular formula is C13H10BrClFN. The van der Waals surface area contributed by atoms with Crippen molar-refractivity contribution in [1.29, 1.82) is 0 Å². The average molecular weight is 315 g/mol. The van der Waals surface area contributed by atoms with Crippen LogP contribution in [0.5, 0.6) is 0 Å². The molecule has 0 aliphatic heterocycles. The fraction of sp³-hybridized carbons (Fsp3) is 0.0769. The molecule has 2 aromatic rings. The maximum Gasteiger partial charge on any atom is 0.137 e. The summed E-state index contributed by atoms with van der Waals surface area (Å²) in [4.78, 5) is 0. The lowest BCUT2D eigenvalue weighted by Crippen LogP contribution is -2.11. The molecule has 4 heteroatoms. The number of benzene rings is 2. The van der Waals surface area contributed by atoms with E-state index in [0.29, 0.717) is 9.50 Å². The summed E-state index contributed by atoms with van der Waals surface area (Å²) < 4.78 is 13.5. The van der Waals surface area contributed by atoms with Crippen molar-refractivity contribution < 1.29 is 4.39 Å². The van der Waals surface area contributed by atoms with E-state index < -0.39 is 0 Å². The number of rotatable bonds is 2. The molecule has 2 rings (SSSR count). The summed E-state index contributed by atoms with van der Waals surface area (Å²) in [5.74, 6) is -0.299. The van der Waals surface area contributed by atoms with Crippen molar-refractivity contribution in [3.8, 4) is 0 Å². The second-order valence-corrected chi connectivity index (χ2v) is 5.00. The van der Waals surface area contributed by atoms with Crippen molar-refractivity contribution in [1.82, 2.24) is 0 Å². The van der Waals surface area contributed by atoms with Crippen molar-refractivity contribution in [2.24, 2.45) is 5.73 Å². The van der Waals surface area contributed by atoms with E-state index >= 15 is 0 Å². The van der Waals surface area contributed by atoms with Crippen LogP contribution >= 0.6 is 27.5 Å². The molecule has 0 spiro atoms. The Morgan fingerprint density at radius 2 is 1.82 bits per heavy atom. The lowest BCUT2D eigenvalue weighted by Gasteiger charge is -2.13. The lowest BCUT2D eigenvalue weighted by molar-refractivity contribution is 0.619. The summed E-state index contributed by atoms with van der Waals surface area (Å²) >= 11 is 9.05. The molecule has 1 atom stereocenters. The van der Waals surface area contributed by atoms with Crippen LogP contribution in [0.15, 0.2) is 46.9 Å². The SMILES string of the molecule is NC(c1cccc(Cl)c1)c1ccc(F)c(Br)c1. The first-order valence-corrected chi connectivity index (χ1v) is 6.21. The van der Waals surface area contributed by atoms with Crippen LogP contribution in [0.2, 0.25) is 5.02 Å². The van der Waals surface area contributed by atoms with Gasteiger partial charge in [0.05, 0.1) is 10.5 Å². The van der Waals surface area contributed by atoms with Gasteiger partial charge in [-0.1, -0.05) is 29.8 Å². The van der Waals surface area contributed by atoms with Gasteiger partial charge in [0.25, 0.3) is 0 Å². The van der Waals surface area contributed by atoms with E-state index in [1.54, 1.807) is 18.2 Å². The third-order valence-corrected chi connectivity index (χ3v) is 3.35.